The van der Waals surface area contributed by atoms with Gasteiger partial charge in [0.2, 0.25) is 0 Å². The lowest BCUT2D eigenvalue weighted by Crippen LogP contribution is -2.59. The largest absolute Gasteiger partial charge is 0.356 e. The molecule has 0 bridgehead atoms. The summed E-state index contributed by atoms with van der Waals surface area (Å²) in [7, 11) is 0. The van der Waals surface area contributed by atoms with Crippen LogP contribution in [0.2, 0.25) is 0 Å². The van der Waals surface area contributed by atoms with Crippen LogP contribution in [0, 0.1) is 24.8 Å². The number of para-hydroxylation sites is 3. The monoisotopic (exact) mass is 558 g/mol. The van der Waals surface area contributed by atoms with E-state index in [1.54, 1.807) is 18.2 Å². The molecule has 0 radical (unpaired) electrons. The zero-order valence-electron chi connectivity index (χ0n) is 23.9. The van der Waals surface area contributed by atoms with Gasteiger partial charge in [-0.1, -0.05) is 91.0 Å². The van der Waals surface area contributed by atoms with Gasteiger partial charge in [0.1, 0.15) is 0 Å². The van der Waals surface area contributed by atoms with E-state index < -0.39 is 0 Å². The second-order valence-electron chi connectivity index (χ2n) is 11.6. The minimum Gasteiger partial charge on any atom is -0.356 e. The normalized spacial score (nSPS) is 12.3. The van der Waals surface area contributed by atoms with E-state index >= 15 is 0 Å². The maximum absolute atomic E-state index is 10.1. The molecule has 5 heteroatoms. The fraction of sp³-hybridized carbons (Fsp3) is 0.0256. The van der Waals surface area contributed by atoms with Crippen LogP contribution in [0.3, 0.4) is 0 Å². The van der Waals surface area contributed by atoms with Crippen LogP contribution < -0.4 is 21.7 Å². The van der Waals surface area contributed by atoms with Crippen LogP contribution in [0.5, 0.6) is 0 Å². The van der Waals surface area contributed by atoms with Gasteiger partial charge in [0.25, 0.3) is 6.71 Å². The number of nitrogens with one attached hydrogen (secondary N) is 1. The number of nitrogens with zero attached hydrogens (tertiary/aromatic N) is 3. The second kappa shape index (κ2) is 8.98. The number of aromatic nitrogens is 1. The first kappa shape index (κ1) is 24.6. The summed E-state index contributed by atoms with van der Waals surface area (Å²) in [6.45, 7) is 10.1. The van der Waals surface area contributed by atoms with E-state index in [9.17, 15) is 5.26 Å². The van der Waals surface area contributed by atoms with Gasteiger partial charge in [-0.25, -0.2) is 4.85 Å². The Morgan fingerprint density at radius 3 is 2.41 bits per heavy atom. The van der Waals surface area contributed by atoms with Crippen LogP contribution >= 0.6 is 0 Å². The number of fused-ring (bicyclic) bond motifs is 7. The highest BCUT2D eigenvalue weighted by molar-refractivity contribution is 7.00. The van der Waals surface area contributed by atoms with E-state index in [0.717, 1.165) is 33.7 Å². The Hall–Kier alpha value is -6.04. The van der Waals surface area contributed by atoms with Crippen LogP contribution in [-0.2, 0) is 0 Å². The molecule has 0 atom stereocenters. The highest BCUT2D eigenvalue weighted by Crippen LogP contribution is 2.42. The summed E-state index contributed by atoms with van der Waals surface area (Å²) < 4.78 is 2.39. The van der Waals surface area contributed by atoms with Gasteiger partial charge in [-0.05, 0) is 64.3 Å². The molecule has 0 saturated carbocycles. The third kappa shape index (κ3) is 3.16. The number of hydrogen-bond donors (Lipinski definition) is 1. The third-order valence-corrected chi connectivity index (χ3v) is 9.40. The van der Waals surface area contributed by atoms with Crippen LogP contribution in [0.25, 0.3) is 54.6 Å². The number of rotatable bonds is 2. The predicted molar refractivity (Wildman–Crippen MR) is 182 cm³/mol. The molecule has 7 aromatic rings. The fourth-order valence-electron chi connectivity index (χ4n) is 7.60. The van der Waals surface area contributed by atoms with Crippen LogP contribution in [-0.4, -0.2) is 11.3 Å². The first-order chi connectivity index (χ1) is 21.7. The second-order valence-corrected chi connectivity index (χ2v) is 11.6. The number of nitriles is 1. The lowest BCUT2D eigenvalue weighted by Gasteiger charge is -2.36. The molecule has 2 aliphatic rings. The smallest absolute Gasteiger partial charge is 0.252 e. The molecule has 2 aliphatic heterocycles. The fourth-order valence-corrected chi connectivity index (χ4v) is 7.60. The summed E-state index contributed by atoms with van der Waals surface area (Å²) in [5.41, 5.74) is 15.4. The highest BCUT2D eigenvalue weighted by atomic mass is 15.0. The van der Waals surface area contributed by atoms with Crippen molar-refractivity contribution in [2.24, 2.45) is 0 Å². The van der Waals surface area contributed by atoms with Crippen molar-refractivity contribution in [1.29, 1.82) is 5.26 Å². The molecule has 1 N–H and O–H groups in total. The molecule has 0 saturated heterocycles. The van der Waals surface area contributed by atoms with Gasteiger partial charge in [-0.3, -0.25) is 0 Å². The third-order valence-electron chi connectivity index (χ3n) is 9.40. The lowest BCUT2D eigenvalue weighted by molar-refractivity contribution is 1.19. The van der Waals surface area contributed by atoms with Gasteiger partial charge in [-0.15, -0.1) is 0 Å². The summed E-state index contributed by atoms with van der Waals surface area (Å²) in [4.78, 5) is 3.84. The minimum absolute atomic E-state index is 0.0151. The molecule has 202 valence electrons. The van der Waals surface area contributed by atoms with Gasteiger partial charge < -0.3 is 9.88 Å². The number of anilines is 2. The van der Waals surface area contributed by atoms with E-state index in [4.69, 9.17) is 6.57 Å². The molecule has 44 heavy (non-hydrogen) atoms. The SMILES string of the molecule is [C-]#[N+]c1cccc(C#N)c1-c1cc2c3c(c1)-n1c4ccccc4c4cccc(c41)B3c1cccc(-c3ccccc3C)c1N2. The van der Waals surface area contributed by atoms with Gasteiger partial charge in [0.15, 0.2) is 5.69 Å². The Balaban J connectivity index is 1.45. The predicted octanol–water partition coefficient (Wildman–Crippen LogP) is 7.74. The Bertz CT molecular complexity index is 2440. The maximum Gasteiger partial charge on any atom is 0.252 e. The van der Waals surface area contributed by atoms with E-state index in [-0.39, 0.29) is 6.71 Å². The lowest BCUT2D eigenvalue weighted by atomic mass is 9.34. The van der Waals surface area contributed by atoms with E-state index in [1.807, 2.05) is 0 Å². The quantitative estimate of drug-likeness (QED) is 0.174. The van der Waals surface area contributed by atoms with Gasteiger partial charge >= 0.3 is 0 Å². The number of aryl methyl sites for hydroxylation is 1. The topological polar surface area (TPSA) is 45.1 Å². The molecule has 0 amide bonds. The average Bonchev–Trinajstić information content (AvgIpc) is 3.41. The van der Waals surface area contributed by atoms with Crippen LogP contribution in [0.15, 0.2) is 115 Å². The van der Waals surface area contributed by atoms with Gasteiger partial charge in [0, 0.05) is 50.0 Å². The average molecular weight is 558 g/mol. The van der Waals surface area contributed by atoms with Crippen molar-refractivity contribution in [3.05, 3.63) is 138 Å². The summed E-state index contributed by atoms with van der Waals surface area (Å²) >= 11 is 0. The molecular formula is C39H23BN4. The zero-order chi connectivity index (χ0) is 29.5. The van der Waals surface area contributed by atoms with Crippen molar-refractivity contribution >= 4 is 62.0 Å². The van der Waals surface area contributed by atoms with Crippen LogP contribution in [0.1, 0.15) is 11.1 Å². The molecule has 0 spiro atoms. The van der Waals surface area contributed by atoms with E-state index in [2.05, 4.69) is 125 Å². The first-order valence-electron chi connectivity index (χ1n) is 14.7. The van der Waals surface area contributed by atoms with Crippen molar-refractivity contribution in [2.75, 3.05) is 5.32 Å². The highest BCUT2D eigenvalue weighted by Gasteiger charge is 2.40. The molecule has 9 rings (SSSR count). The molecule has 1 aromatic heterocycles. The van der Waals surface area contributed by atoms with Crippen molar-refractivity contribution in [3.8, 4) is 34.0 Å². The summed E-state index contributed by atoms with van der Waals surface area (Å²) in [5.74, 6) is 0. The van der Waals surface area contributed by atoms with Gasteiger partial charge in [0.05, 0.1) is 18.2 Å². The Morgan fingerprint density at radius 2 is 1.55 bits per heavy atom. The van der Waals surface area contributed by atoms with Gasteiger partial charge in [-0.2, -0.15) is 5.26 Å². The molecule has 3 heterocycles. The Labute approximate surface area is 255 Å². The number of hydrogen-bond acceptors (Lipinski definition) is 2. The van der Waals surface area contributed by atoms with Crippen molar-refractivity contribution in [1.82, 2.24) is 4.57 Å². The summed E-state index contributed by atoms with van der Waals surface area (Å²) in [6.07, 6.45) is 0. The molecule has 4 nitrogen and oxygen atoms in total. The molecular weight excluding hydrogens is 535 g/mol. The van der Waals surface area contributed by atoms with Crippen molar-refractivity contribution < 1.29 is 0 Å². The zero-order valence-corrected chi connectivity index (χ0v) is 23.9. The Morgan fingerprint density at radius 1 is 0.795 bits per heavy atom. The standard InChI is InChI=1S/C39H23BN4/c1-23-10-3-4-12-26(23)28-14-8-16-30-38(28)43-33-20-25(36-24(22-41)11-7-18-32(36)42-2)21-35-37(33)40(30)31-17-9-15-29-27-13-5-6-19-34(27)44(35)39(29)31/h3-21,43H,1H3. The van der Waals surface area contributed by atoms with Crippen molar-refractivity contribution in [2.45, 2.75) is 6.92 Å². The molecule has 0 unspecified atom stereocenters. The van der Waals surface area contributed by atoms with E-state index in [0.29, 0.717) is 16.8 Å². The van der Waals surface area contributed by atoms with Crippen molar-refractivity contribution in [3.63, 3.8) is 0 Å². The first-order valence-corrected chi connectivity index (χ1v) is 14.7. The maximum atomic E-state index is 10.1. The summed E-state index contributed by atoms with van der Waals surface area (Å²) in [6, 6.07) is 42.5. The van der Waals surface area contributed by atoms with Crippen LogP contribution in [0.4, 0.5) is 17.1 Å². The van der Waals surface area contributed by atoms with E-state index in [1.165, 1.54) is 43.8 Å². The molecule has 6 aromatic carbocycles. The number of benzene rings is 6. The molecule has 0 aliphatic carbocycles. The summed E-state index contributed by atoms with van der Waals surface area (Å²) in [5, 5.41) is 16.5. The molecule has 0 fully saturated rings. The minimum atomic E-state index is 0.0151. The Kier molecular flexibility index (Phi) is 5.01.